The van der Waals surface area contributed by atoms with Crippen LogP contribution in [0.1, 0.15) is 12.8 Å². The highest BCUT2D eigenvalue weighted by atomic mass is 16.5. The van der Waals surface area contributed by atoms with Gasteiger partial charge in [0.1, 0.15) is 11.4 Å². The molecule has 3 aromatic rings. The van der Waals surface area contributed by atoms with Gasteiger partial charge < -0.3 is 20.3 Å². The van der Waals surface area contributed by atoms with Gasteiger partial charge in [-0.3, -0.25) is 4.98 Å². The molecule has 1 aliphatic heterocycles. The minimum atomic E-state index is -0.325. The zero-order valence-electron chi connectivity index (χ0n) is 16.3. The van der Waals surface area contributed by atoms with Crippen LogP contribution >= 0.6 is 0 Å². The maximum atomic E-state index is 12.4. The molecule has 1 aliphatic rings. The van der Waals surface area contributed by atoms with E-state index in [1.807, 2.05) is 36.4 Å². The summed E-state index contributed by atoms with van der Waals surface area (Å²) in [6, 6.07) is 14.5. The number of benzene rings is 2. The number of hydrogen-bond donors (Lipinski definition) is 2. The van der Waals surface area contributed by atoms with E-state index >= 15 is 0 Å². The standard InChI is InChI=1S/C22H23N5O2/c1-29-19-9-5-8-18(15-19)26-22(28)25-17-7-4-6-16(14-17)20-21(24-11-10-23-20)27-12-2-3-13-27/h4-11,14-15H,2-3,12-13H2,1H3,(H2,25,26,28). The molecule has 0 bridgehead atoms. The van der Waals surface area contributed by atoms with Crippen LogP contribution in [0.2, 0.25) is 0 Å². The Hall–Kier alpha value is -3.61. The van der Waals surface area contributed by atoms with Crippen LogP contribution in [-0.2, 0) is 0 Å². The van der Waals surface area contributed by atoms with Gasteiger partial charge in [-0.05, 0) is 37.1 Å². The van der Waals surface area contributed by atoms with Crippen LogP contribution in [-0.4, -0.2) is 36.2 Å². The van der Waals surface area contributed by atoms with E-state index in [9.17, 15) is 4.79 Å². The Morgan fingerprint density at radius 3 is 2.41 bits per heavy atom. The van der Waals surface area contributed by atoms with E-state index in [-0.39, 0.29) is 6.03 Å². The van der Waals surface area contributed by atoms with Crippen molar-refractivity contribution in [3.05, 3.63) is 60.9 Å². The third-order valence-corrected chi connectivity index (χ3v) is 4.81. The van der Waals surface area contributed by atoms with E-state index in [0.29, 0.717) is 17.1 Å². The fourth-order valence-corrected chi connectivity index (χ4v) is 3.43. The summed E-state index contributed by atoms with van der Waals surface area (Å²) in [5, 5.41) is 5.69. The highest BCUT2D eigenvalue weighted by Gasteiger charge is 2.19. The summed E-state index contributed by atoms with van der Waals surface area (Å²) in [6.45, 7) is 1.99. The number of aromatic nitrogens is 2. The van der Waals surface area contributed by atoms with E-state index in [0.717, 1.165) is 30.2 Å². The fourth-order valence-electron chi connectivity index (χ4n) is 3.43. The summed E-state index contributed by atoms with van der Waals surface area (Å²) in [5.41, 5.74) is 3.08. The third-order valence-electron chi connectivity index (χ3n) is 4.81. The summed E-state index contributed by atoms with van der Waals surface area (Å²) in [4.78, 5) is 23.8. The Balaban J connectivity index is 1.51. The number of rotatable bonds is 5. The van der Waals surface area contributed by atoms with Crippen molar-refractivity contribution < 1.29 is 9.53 Å². The van der Waals surface area contributed by atoms with Crippen molar-refractivity contribution in [2.75, 3.05) is 35.7 Å². The van der Waals surface area contributed by atoms with Gasteiger partial charge >= 0.3 is 6.03 Å². The van der Waals surface area contributed by atoms with E-state index in [4.69, 9.17) is 4.74 Å². The van der Waals surface area contributed by atoms with Crippen LogP contribution in [0.15, 0.2) is 60.9 Å². The first kappa shape index (κ1) is 18.7. The van der Waals surface area contributed by atoms with Gasteiger partial charge in [0.05, 0.1) is 7.11 Å². The van der Waals surface area contributed by atoms with Crippen molar-refractivity contribution in [1.82, 2.24) is 9.97 Å². The number of methoxy groups -OCH3 is 1. The number of carbonyl (C=O) groups is 1. The monoisotopic (exact) mass is 389 g/mol. The predicted molar refractivity (Wildman–Crippen MR) is 115 cm³/mol. The van der Waals surface area contributed by atoms with Gasteiger partial charge in [-0.2, -0.15) is 0 Å². The molecule has 2 amide bonds. The Morgan fingerprint density at radius 1 is 0.966 bits per heavy atom. The van der Waals surface area contributed by atoms with E-state index < -0.39 is 0 Å². The summed E-state index contributed by atoms with van der Waals surface area (Å²) < 4.78 is 5.18. The molecule has 7 nitrogen and oxygen atoms in total. The lowest BCUT2D eigenvalue weighted by Gasteiger charge is -2.19. The average Bonchev–Trinajstić information content (AvgIpc) is 3.29. The lowest BCUT2D eigenvalue weighted by Crippen LogP contribution is -2.20. The number of nitrogens with one attached hydrogen (secondary N) is 2. The van der Waals surface area contributed by atoms with E-state index in [2.05, 4.69) is 25.5 Å². The lowest BCUT2D eigenvalue weighted by atomic mass is 10.1. The zero-order valence-corrected chi connectivity index (χ0v) is 16.3. The summed E-state index contributed by atoms with van der Waals surface area (Å²) in [5.74, 6) is 1.57. The molecule has 1 saturated heterocycles. The zero-order chi connectivity index (χ0) is 20.1. The number of urea groups is 1. The summed E-state index contributed by atoms with van der Waals surface area (Å²) >= 11 is 0. The lowest BCUT2D eigenvalue weighted by molar-refractivity contribution is 0.262. The predicted octanol–water partition coefficient (Wildman–Crippen LogP) is 4.40. The number of nitrogens with zero attached hydrogens (tertiary/aromatic N) is 3. The summed E-state index contributed by atoms with van der Waals surface area (Å²) in [6.07, 6.45) is 5.76. The van der Waals surface area contributed by atoms with E-state index in [1.54, 1.807) is 31.6 Å². The molecule has 0 atom stereocenters. The Morgan fingerprint density at radius 2 is 1.66 bits per heavy atom. The van der Waals surface area contributed by atoms with Crippen LogP contribution in [0.5, 0.6) is 5.75 Å². The maximum Gasteiger partial charge on any atom is 0.323 e. The molecule has 0 radical (unpaired) electrons. The Labute approximate surface area is 169 Å². The van der Waals surface area contributed by atoms with Crippen LogP contribution in [0.3, 0.4) is 0 Å². The molecular formula is C22H23N5O2. The smallest absolute Gasteiger partial charge is 0.323 e. The third kappa shape index (κ3) is 4.45. The van der Waals surface area contributed by atoms with Crippen molar-refractivity contribution in [3.63, 3.8) is 0 Å². The minimum Gasteiger partial charge on any atom is -0.497 e. The molecule has 1 fully saturated rings. The quantitative estimate of drug-likeness (QED) is 0.676. The second-order valence-corrected chi connectivity index (χ2v) is 6.81. The van der Waals surface area contributed by atoms with Crippen LogP contribution in [0, 0.1) is 0 Å². The highest BCUT2D eigenvalue weighted by molar-refractivity contribution is 6.00. The molecule has 2 N–H and O–H groups in total. The molecule has 0 saturated carbocycles. The molecule has 2 heterocycles. The normalized spacial score (nSPS) is 13.2. The van der Waals surface area contributed by atoms with Crippen molar-refractivity contribution in [2.24, 2.45) is 0 Å². The van der Waals surface area contributed by atoms with Crippen molar-refractivity contribution in [3.8, 4) is 17.0 Å². The van der Waals surface area contributed by atoms with Gasteiger partial charge in [0.2, 0.25) is 0 Å². The molecule has 7 heteroatoms. The maximum absolute atomic E-state index is 12.4. The van der Waals surface area contributed by atoms with Gasteiger partial charge in [-0.25, -0.2) is 9.78 Å². The topological polar surface area (TPSA) is 79.4 Å². The molecular weight excluding hydrogens is 366 g/mol. The van der Waals surface area contributed by atoms with Gasteiger partial charge in [0.15, 0.2) is 5.82 Å². The first-order valence-corrected chi connectivity index (χ1v) is 9.61. The second kappa shape index (κ2) is 8.60. The second-order valence-electron chi connectivity index (χ2n) is 6.81. The largest absolute Gasteiger partial charge is 0.497 e. The molecule has 0 aliphatic carbocycles. The molecule has 2 aromatic carbocycles. The minimum absolute atomic E-state index is 0.325. The number of anilines is 3. The van der Waals surface area contributed by atoms with Crippen molar-refractivity contribution in [1.29, 1.82) is 0 Å². The molecule has 29 heavy (non-hydrogen) atoms. The van der Waals surface area contributed by atoms with Gasteiger partial charge in [-0.1, -0.05) is 18.2 Å². The Bertz CT molecular complexity index is 1000. The van der Waals surface area contributed by atoms with Crippen LogP contribution in [0.25, 0.3) is 11.3 Å². The molecule has 0 unspecified atom stereocenters. The summed E-state index contributed by atoms with van der Waals surface area (Å²) in [7, 11) is 1.59. The van der Waals surface area contributed by atoms with Crippen LogP contribution < -0.4 is 20.3 Å². The van der Waals surface area contributed by atoms with Gasteiger partial charge in [0, 0.05) is 48.5 Å². The first-order chi connectivity index (χ1) is 14.2. The Kier molecular flexibility index (Phi) is 5.56. The molecule has 148 valence electrons. The van der Waals surface area contributed by atoms with Crippen LogP contribution in [0.4, 0.5) is 22.0 Å². The number of ether oxygens (including phenoxy) is 1. The van der Waals surface area contributed by atoms with Gasteiger partial charge in [0.25, 0.3) is 0 Å². The highest BCUT2D eigenvalue weighted by Crippen LogP contribution is 2.30. The fraction of sp³-hybridized carbons (Fsp3) is 0.227. The molecule has 0 spiro atoms. The van der Waals surface area contributed by atoms with E-state index in [1.165, 1.54) is 12.8 Å². The number of amides is 2. The van der Waals surface area contributed by atoms with Crippen molar-refractivity contribution >= 4 is 23.2 Å². The van der Waals surface area contributed by atoms with Gasteiger partial charge in [-0.15, -0.1) is 0 Å². The SMILES string of the molecule is COc1cccc(NC(=O)Nc2cccc(-c3nccnc3N3CCCC3)c2)c1. The molecule has 4 rings (SSSR count). The number of hydrogen-bond acceptors (Lipinski definition) is 5. The van der Waals surface area contributed by atoms with Crippen molar-refractivity contribution in [2.45, 2.75) is 12.8 Å². The number of carbonyl (C=O) groups excluding carboxylic acids is 1. The first-order valence-electron chi connectivity index (χ1n) is 9.61. The average molecular weight is 389 g/mol. The molecule has 1 aromatic heterocycles.